The Labute approximate surface area is 165 Å². The number of nitrogens with two attached hydrogens (primary N) is 1. The van der Waals surface area contributed by atoms with E-state index in [0.29, 0.717) is 6.42 Å². The van der Waals surface area contributed by atoms with Crippen molar-refractivity contribution >= 4 is 36.4 Å². The standard InChI is InChI=1S/C20H19N3O.2ClH/c21-19(14-15-4-2-1-3-5-15)20(24)23-18-8-6-16(7-9-18)17-10-12-22-13-11-17;;/h1-13,19H,14,21H2,(H,23,24);2*1H/t19-;;/m0../s1. The van der Waals surface area contributed by atoms with Crippen LogP contribution in [0.25, 0.3) is 11.1 Å². The van der Waals surface area contributed by atoms with Gasteiger partial charge in [0.25, 0.3) is 0 Å². The zero-order valence-electron chi connectivity index (χ0n) is 14.0. The van der Waals surface area contributed by atoms with Gasteiger partial charge < -0.3 is 11.1 Å². The summed E-state index contributed by atoms with van der Waals surface area (Å²) in [5.41, 5.74) is 9.95. The van der Waals surface area contributed by atoms with Crippen LogP contribution >= 0.6 is 24.8 Å². The maximum atomic E-state index is 12.2. The SMILES string of the molecule is Cl.Cl.N[C@@H](Cc1ccccc1)C(=O)Nc1ccc(-c2ccncc2)cc1. The first-order valence-corrected chi connectivity index (χ1v) is 7.83. The molecule has 0 spiro atoms. The van der Waals surface area contributed by atoms with Gasteiger partial charge in [0, 0.05) is 18.1 Å². The summed E-state index contributed by atoms with van der Waals surface area (Å²) in [4.78, 5) is 16.2. The van der Waals surface area contributed by atoms with Crippen LogP contribution in [0.15, 0.2) is 79.1 Å². The van der Waals surface area contributed by atoms with E-state index in [2.05, 4.69) is 10.3 Å². The first kappa shape index (κ1) is 21.6. The fourth-order valence-electron chi connectivity index (χ4n) is 2.49. The number of rotatable bonds is 5. The second-order valence-electron chi connectivity index (χ2n) is 5.60. The molecular weight excluding hydrogens is 369 g/mol. The predicted molar refractivity (Wildman–Crippen MR) is 111 cm³/mol. The van der Waals surface area contributed by atoms with Crippen molar-refractivity contribution < 1.29 is 4.79 Å². The van der Waals surface area contributed by atoms with Crippen LogP contribution in [-0.2, 0) is 11.2 Å². The lowest BCUT2D eigenvalue weighted by Gasteiger charge is -2.13. The summed E-state index contributed by atoms with van der Waals surface area (Å²) in [5, 5.41) is 2.86. The highest BCUT2D eigenvalue weighted by Gasteiger charge is 2.14. The number of aromatic nitrogens is 1. The summed E-state index contributed by atoms with van der Waals surface area (Å²) in [5.74, 6) is -0.185. The molecule has 3 N–H and O–H groups in total. The zero-order chi connectivity index (χ0) is 16.8. The smallest absolute Gasteiger partial charge is 0.241 e. The van der Waals surface area contributed by atoms with E-state index in [1.807, 2.05) is 66.7 Å². The second kappa shape index (κ2) is 10.6. The number of halogens is 2. The first-order chi connectivity index (χ1) is 11.7. The minimum atomic E-state index is -0.577. The Morgan fingerprint density at radius 3 is 2.08 bits per heavy atom. The Balaban J connectivity index is 0.00000169. The number of amides is 1. The molecule has 1 aromatic heterocycles. The Bertz CT molecular complexity index is 796. The highest BCUT2D eigenvalue weighted by molar-refractivity contribution is 5.95. The van der Waals surface area contributed by atoms with Gasteiger partial charge in [-0.1, -0.05) is 42.5 Å². The molecule has 1 heterocycles. The van der Waals surface area contributed by atoms with E-state index in [4.69, 9.17) is 5.73 Å². The fourth-order valence-corrected chi connectivity index (χ4v) is 2.49. The monoisotopic (exact) mass is 389 g/mol. The van der Waals surface area contributed by atoms with E-state index in [9.17, 15) is 4.79 Å². The Hall–Kier alpha value is -2.40. The van der Waals surface area contributed by atoms with Gasteiger partial charge in [-0.15, -0.1) is 24.8 Å². The van der Waals surface area contributed by atoms with E-state index in [-0.39, 0.29) is 30.7 Å². The molecule has 1 amide bonds. The van der Waals surface area contributed by atoms with Gasteiger partial charge in [-0.05, 0) is 47.4 Å². The largest absolute Gasteiger partial charge is 0.325 e. The molecule has 0 saturated carbocycles. The third kappa shape index (κ3) is 5.85. The number of benzene rings is 2. The topological polar surface area (TPSA) is 68.0 Å². The Morgan fingerprint density at radius 2 is 1.46 bits per heavy atom. The number of carbonyl (C=O) groups is 1. The van der Waals surface area contributed by atoms with Crippen molar-refractivity contribution in [2.24, 2.45) is 5.73 Å². The predicted octanol–water partition coefficient (Wildman–Crippen LogP) is 4.10. The van der Waals surface area contributed by atoms with Gasteiger partial charge in [0.05, 0.1) is 6.04 Å². The van der Waals surface area contributed by atoms with Crippen molar-refractivity contribution in [2.75, 3.05) is 5.32 Å². The molecule has 0 aliphatic rings. The van der Waals surface area contributed by atoms with Gasteiger partial charge in [0.2, 0.25) is 5.91 Å². The molecule has 136 valence electrons. The number of hydrogen-bond acceptors (Lipinski definition) is 3. The van der Waals surface area contributed by atoms with Gasteiger partial charge in [-0.3, -0.25) is 9.78 Å². The lowest BCUT2D eigenvalue weighted by atomic mass is 10.1. The normalized spacial score (nSPS) is 10.8. The maximum Gasteiger partial charge on any atom is 0.241 e. The molecule has 26 heavy (non-hydrogen) atoms. The Kier molecular flexibility index (Phi) is 8.79. The fraction of sp³-hybridized carbons (Fsp3) is 0.100. The maximum absolute atomic E-state index is 12.2. The van der Waals surface area contributed by atoms with E-state index < -0.39 is 6.04 Å². The van der Waals surface area contributed by atoms with E-state index in [1.165, 1.54) is 0 Å². The molecule has 0 aliphatic carbocycles. The van der Waals surface area contributed by atoms with Crippen LogP contribution in [0.2, 0.25) is 0 Å². The summed E-state index contributed by atoms with van der Waals surface area (Å²) < 4.78 is 0. The first-order valence-electron chi connectivity index (χ1n) is 7.83. The quantitative estimate of drug-likeness (QED) is 0.689. The molecule has 3 aromatic rings. The third-order valence-corrected chi connectivity index (χ3v) is 3.80. The Morgan fingerprint density at radius 1 is 0.885 bits per heavy atom. The van der Waals surface area contributed by atoms with Gasteiger partial charge in [0.15, 0.2) is 0 Å². The van der Waals surface area contributed by atoms with Crippen LogP contribution in [-0.4, -0.2) is 16.9 Å². The van der Waals surface area contributed by atoms with Gasteiger partial charge in [0.1, 0.15) is 0 Å². The molecule has 3 rings (SSSR count). The van der Waals surface area contributed by atoms with Crippen LogP contribution in [0, 0.1) is 0 Å². The lowest BCUT2D eigenvalue weighted by molar-refractivity contribution is -0.117. The molecule has 0 fully saturated rings. The average Bonchev–Trinajstić information content (AvgIpc) is 2.64. The summed E-state index contributed by atoms with van der Waals surface area (Å²) in [6.45, 7) is 0. The van der Waals surface area contributed by atoms with E-state index >= 15 is 0 Å². The van der Waals surface area contributed by atoms with Crippen molar-refractivity contribution in [3.05, 3.63) is 84.7 Å². The summed E-state index contributed by atoms with van der Waals surface area (Å²) in [6, 6.07) is 20.8. The summed E-state index contributed by atoms with van der Waals surface area (Å²) in [6.07, 6.45) is 4.03. The summed E-state index contributed by atoms with van der Waals surface area (Å²) in [7, 11) is 0. The van der Waals surface area contributed by atoms with Crippen molar-refractivity contribution in [1.82, 2.24) is 4.98 Å². The van der Waals surface area contributed by atoms with Gasteiger partial charge >= 0.3 is 0 Å². The van der Waals surface area contributed by atoms with Crippen LogP contribution in [0.3, 0.4) is 0 Å². The molecule has 0 bridgehead atoms. The number of nitrogens with one attached hydrogen (secondary N) is 1. The number of anilines is 1. The van der Waals surface area contributed by atoms with Crippen molar-refractivity contribution in [2.45, 2.75) is 12.5 Å². The van der Waals surface area contributed by atoms with E-state index in [0.717, 1.165) is 22.4 Å². The molecule has 1 atom stereocenters. The van der Waals surface area contributed by atoms with Crippen molar-refractivity contribution in [3.63, 3.8) is 0 Å². The summed E-state index contributed by atoms with van der Waals surface area (Å²) >= 11 is 0. The van der Waals surface area contributed by atoms with Crippen molar-refractivity contribution in [1.29, 1.82) is 0 Å². The zero-order valence-corrected chi connectivity index (χ0v) is 15.7. The second-order valence-corrected chi connectivity index (χ2v) is 5.60. The minimum Gasteiger partial charge on any atom is -0.325 e. The number of nitrogens with zero attached hydrogens (tertiary/aromatic N) is 1. The third-order valence-electron chi connectivity index (χ3n) is 3.80. The van der Waals surface area contributed by atoms with Crippen LogP contribution in [0.1, 0.15) is 5.56 Å². The highest BCUT2D eigenvalue weighted by Crippen LogP contribution is 2.20. The molecule has 6 heteroatoms. The van der Waals surface area contributed by atoms with Crippen LogP contribution in [0.4, 0.5) is 5.69 Å². The van der Waals surface area contributed by atoms with Gasteiger partial charge in [-0.25, -0.2) is 0 Å². The minimum absolute atomic E-state index is 0. The molecule has 0 aliphatic heterocycles. The highest BCUT2D eigenvalue weighted by atomic mass is 35.5. The van der Waals surface area contributed by atoms with Gasteiger partial charge in [-0.2, -0.15) is 0 Å². The molecule has 0 radical (unpaired) electrons. The molecular formula is C20H21Cl2N3O. The molecule has 4 nitrogen and oxygen atoms in total. The average molecular weight is 390 g/mol. The van der Waals surface area contributed by atoms with E-state index in [1.54, 1.807) is 12.4 Å². The number of pyridine rings is 1. The number of hydrogen-bond donors (Lipinski definition) is 2. The van der Waals surface area contributed by atoms with Crippen LogP contribution < -0.4 is 11.1 Å². The van der Waals surface area contributed by atoms with Crippen LogP contribution in [0.5, 0.6) is 0 Å². The lowest BCUT2D eigenvalue weighted by Crippen LogP contribution is -2.37. The molecule has 0 saturated heterocycles. The molecule has 0 unspecified atom stereocenters. The number of carbonyl (C=O) groups excluding carboxylic acids is 1. The van der Waals surface area contributed by atoms with Crippen molar-refractivity contribution in [3.8, 4) is 11.1 Å². The molecule has 2 aromatic carbocycles.